The highest BCUT2D eigenvalue weighted by Gasteiger charge is 2.28. The van der Waals surface area contributed by atoms with Gasteiger partial charge in [-0.3, -0.25) is 0 Å². The van der Waals surface area contributed by atoms with Gasteiger partial charge >= 0.3 is 0 Å². The van der Waals surface area contributed by atoms with Gasteiger partial charge in [-0.2, -0.15) is 0 Å². The first kappa shape index (κ1) is 16.5. The van der Waals surface area contributed by atoms with Gasteiger partial charge in [0.2, 0.25) is 10.0 Å². The van der Waals surface area contributed by atoms with Crippen LogP contribution < -0.4 is 9.46 Å². The van der Waals surface area contributed by atoms with Gasteiger partial charge in [0.1, 0.15) is 5.75 Å². The summed E-state index contributed by atoms with van der Waals surface area (Å²) >= 11 is 0. The number of hydrogen-bond acceptors (Lipinski definition) is 3. The quantitative estimate of drug-likeness (QED) is 0.920. The van der Waals surface area contributed by atoms with Crippen molar-refractivity contribution in [3.05, 3.63) is 59.7 Å². The summed E-state index contributed by atoms with van der Waals surface area (Å²) in [7, 11) is -2.00. The molecule has 1 N–H and O–H groups in total. The maximum absolute atomic E-state index is 12.6. The van der Waals surface area contributed by atoms with Gasteiger partial charge in [0.05, 0.1) is 17.5 Å². The number of methoxy groups -OCH3 is 1. The molecule has 0 saturated heterocycles. The van der Waals surface area contributed by atoms with Crippen molar-refractivity contribution in [2.45, 2.75) is 31.2 Å². The third-order valence-corrected chi connectivity index (χ3v) is 5.40. The third kappa shape index (κ3) is 3.48. The highest BCUT2D eigenvalue weighted by molar-refractivity contribution is 7.89. The molecule has 0 bridgehead atoms. The molecule has 22 heavy (non-hydrogen) atoms. The predicted octanol–water partition coefficient (Wildman–Crippen LogP) is 3.22. The fraction of sp³-hybridized carbons (Fsp3) is 0.294. The first-order valence-electron chi connectivity index (χ1n) is 7.00. The van der Waals surface area contributed by atoms with Gasteiger partial charge in [-0.25, -0.2) is 13.1 Å². The first-order valence-corrected chi connectivity index (χ1v) is 8.49. The zero-order valence-electron chi connectivity index (χ0n) is 13.3. The Bertz CT molecular complexity index is 750. The van der Waals surface area contributed by atoms with Crippen LogP contribution >= 0.6 is 0 Å². The number of aryl methyl sites for hydroxylation is 1. The van der Waals surface area contributed by atoms with Crippen molar-refractivity contribution in [3.8, 4) is 5.75 Å². The summed E-state index contributed by atoms with van der Waals surface area (Å²) < 4.78 is 33.2. The topological polar surface area (TPSA) is 55.4 Å². The molecule has 0 atom stereocenters. The molecule has 0 spiro atoms. The third-order valence-electron chi connectivity index (χ3n) is 3.58. The molecule has 0 radical (unpaired) electrons. The van der Waals surface area contributed by atoms with E-state index in [-0.39, 0.29) is 0 Å². The van der Waals surface area contributed by atoms with Gasteiger partial charge in [-0.05, 0) is 50.1 Å². The molecule has 0 aliphatic rings. The van der Waals surface area contributed by atoms with E-state index in [1.54, 1.807) is 32.2 Å². The lowest BCUT2D eigenvalue weighted by atomic mass is 9.96. The highest BCUT2D eigenvalue weighted by atomic mass is 32.2. The minimum Gasteiger partial charge on any atom is -0.497 e. The lowest BCUT2D eigenvalue weighted by Gasteiger charge is -2.27. The zero-order chi connectivity index (χ0) is 16.4. The largest absolute Gasteiger partial charge is 0.497 e. The number of sulfonamides is 1. The summed E-state index contributed by atoms with van der Waals surface area (Å²) in [6.07, 6.45) is 0. The minimum absolute atomic E-state index is 0.302. The van der Waals surface area contributed by atoms with Crippen LogP contribution in [0.2, 0.25) is 0 Å². The second-order valence-electron chi connectivity index (χ2n) is 5.72. The van der Waals surface area contributed by atoms with Crippen molar-refractivity contribution in [3.63, 3.8) is 0 Å². The number of ether oxygens (including phenoxy) is 1. The minimum atomic E-state index is -3.59. The molecule has 0 heterocycles. The molecule has 0 amide bonds. The molecule has 0 aromatic heterocycles. The van der Waals surface area contributed by atoms with Crippen LogP contribution in [0.1, 0.15) is 25.0 Å². The van der Waals surface area contributed by atoms with Gasteiger partial charge in [-0.15, -0.1) is 0 Å². The Labute approximate surface area is 132 Å². The smallest absolute Gasteiger partial charge is 0.241 e. The van der Waals surface area contributed by atoms with Crippen molar-refractivity contribution in [2.75, 3.05) is 7.11 Å². The standard InChI is InChI=1S/C17H21NO3S/c1-13-7-5-6-8-16(13)22(19,20)18-17(2,3)14-9-11-15(21-4)12-10-14/h5-12,18H,1-4H3. The fourth-order valence-electron chi connectivity index (χ4n) is 2.32. The van der Waals surface area contributed by atoms with Crippen LogP contribution in [0.3, 0.4) is 0 Å². The molecule has 0 aliphatic carbocycles. The summed E-state index contributed by atoms with van der Waals surface area (Å²) in [6.45, 7) is 5.46. The molecule has 4 nitrogen and oxygen atoms in total. The average Bonchev–Trinajstić information content (AvgIpc) is 2.46. The normalized spacial score (nSPS) is 12.2. The van der Waals surface area contributed by atoms with E-state index < -0.39 is 15.6 Å². The van der Waals surface area contributed by atoms with Crippen molar-refractivity contribution in [1.29, 1.82) is 0 Å². The molecule has 0 saturated carbocycles. The molecule has 0 unspecified atom stereocenters. The molecular weight excluding hydrogens is 298 g/mol. The van der Waals surface area contributed by atoms with E-state index in [9.17, 15) is 8.42 Å². The van der Waals surface area contributed by atoms with Gasteiger partial charge in [-0.1, -0.05) is 30.3 Å². The summed E-state index contributed by atoms with van der Waals surface area (Å²) in [6, 6.07) is 14.3. The monoisotopic (exact) mass is 319 g/mol. The Kier molecular flexibility index (Phi) is 4.58. The molecule has 0 fully saturated rings. The van der Waals surface area contributed by atoms with Crippen LogP contribution in [0.15, 0.2) is 53.4 Å². The van der Waals surface area contributed by atoms with Crippen LogP contribution in [0.4, 0.5) is 0 Å². The van der Waals surface area contributed by atoms with Crippen LogP contribution in [0.25, 0.3) is 0 Å². The van der Waals surface area contributed by atoms with Crippen LogP contribution in [-0.4, -0.2) is 15.5 Å². The van der Waals surface area contributed by atoms with Crippen molar-refractivity contribution >= 4 is 10.0 Å². The number of nitrogens with one attached hydrogen (secondary N) is 1. The van der Waals surface area contributed by atoms with Gasteiger partial charge in [0.25, 0.3) is 0 Å². The molecule has 2 aromatic rings. The van der Waals surface area contributed by atoms with Crippen LogP contribution in [0.5, 0.6) is 5.75 Å². The molecule has 2 rings (SSSR count). The van der Waals surface area contributed by atoms with Crippen LogP contribution in [-0.2, 0) is 15.6 Å². The molecule has 0 aliphatic heterocycles. The van der Waals surface area contributed by atoms with Crippen molar-refractivity contribution in [2.24, 2.45) is 0 Å². The number of hydrogen-bond donors (Lipinski definition) is 1. The predicted molar refractivity (Wildman–Crippen MR) is 87.5 cm³/mol. The second kappa shape index (κ2) is 6.10. The van der Waals surface area contributed by atoms with E-state index >= 15 is 0 Å². The Hall–Kier alpha value is -1.85. The van der Waals surface area contributed by atoms with E-state index in [1.165, 1.54) is 0 Å². The van der Waals surface area contributed by atoms with Gasteiger partial charge < -0.3 is 4.74 Å². The molecule has 2 aromatic carbocycles. The zero-order valence-corrected chi connectivity index (χ0v) is 14.1. The van der Waals surface area contributed by atoms with Gasteiger partial charge in [0, 0.05) is 0 Å². The maximum atomic E-state index is 12.6. The fourth-order valence-corrected chi connectivity index (χ4v) is 3.96. The van der Waals surface area contributed by atoms with E-state index in [0.717, 1.165) is 16.9 Å². The van der Waals surface area contributed by atoms with Crippen molar-refractivity contribution < 1.29 is 13.2 Å². The summed E-state index contributed by atoms with van der Waals surface area (Å²) in [5.41, 5.74) is 0.860. The van der Waals surface area contributed by atoms with Crippen molar-refractivity contribution in [1.82, 2.24) is 4.72 Å². The Morgan fingerprint density at radius 1 is 1.00 bits per heavy atom. The van der Waals surface area contributed by atoms with E-state index in [2.05, 4.69) is 4.72 Å². The van der Waals surface area contributed by atoms with E-state index in [4.69, 9.17) is 4.74 Å². The molecule has 5 heteroatoms. The molecular formula is C17H21NO3S. The molecule has 118 valence electrons. The summed E-state index contributed by atoms with van der Waals surface area (Å²) in [5, 5.41) is 0. The Morgan fingerprint density at radius 3 is 2.14 bits per heavy atom. The Morgan fingerprint density at radius 2 is 1.59 bits per heavy atom. The second-order valence-corrected chi connectivity index (χ2v) is 7.38. The highest BCUT2D eigenvalue weighted by Crippen LogP contribution is 2.26. The lowest BCUT2D eigenvalue weighted by molar-refractivity contribution is 0.413. The van der Waals surface area contributed by atoms with E-state index in [1.807, 2.05) is 44.2 Å². The van der Waals surface area contributed by atoms with Crippen LogP contribution in [0, 0.1) is 6.92 Å². The summed E-state index contributed by atoms with van der Waals surface area (Å²) in [4.78, 5) is 0.302. The summed E-state index contributed by atoms with van der Waals surface area (Å²) in [5.74, 6) is 0.737. The first-order chi connectivity index (χ1) is 10.3. The lowest BCUT2D eigenvalue weighted by Crippen LogP contribution is -2.41. The maximum Gasteiger partial charge on any atom is 0.241 e. The van der Waals surface area contributed by atoms with Gasteiger partial charge in [0.15, 0.2) is 0 Å². The SMILES string of the molecule is COc1ccc(C(C)(C)NS(=O)(=O)c2ccccc2C)cc1. The average molecular weight is 319 g/mol. The Balaban J connectivity index is 2.32. The number of benzene rings is 2. The number of rotatable bonds is 5. The van der Waals surface area contributed by atoms with E-state index in [0.29, 0.717) is 4.90 Å².